The van der Waals surface area contributed by atoms with Crippen LogP contribution in [0.25, 0.3) is 5.76 Å². The number of Topliss-reactive ketones (excluding diaryl/α,β-unsaturated/α-hetero) is 2. The molecule has 7 rings (SSSR count). The number of nitrogens with two attached hydrogens (primary N) is 1. The number of rotatable bonds is 8. The number of amides is 2. The van der Waals surface area contributed by atoms with Crippen molar-refractivity contribution in [2.45, 2.75) is 53.8 Å². The molecule has 3 aliphatic carbocycles. The molecule has 0 unspecified atom stereocenters. The first-order valence-corrected chi connectivity index (χ1v) is 20.3. The van der Waals surface area contributed by atoms with E-state index >= 15 is 0 Å². The van der Waals surface area contributed by atoms with Crippen molar-refractivity contribution in [2.75, 3.05) is 53.3 Å². The zero-order chi connectivity index (χ0) is 44.8. The number of carbonyl (C=O) groups excluding carboxylic acids is 5. The van der Waals surface area contributed by atoms with Crippen LogP contribution in [-0.2, 0) is 28.7 Å². The fourth-order valence-electron chi connectivity index (χ4n) is 8.81. The molecule has 1 heterocycles. The molecular formula is C44H52N4O13S. The van der Waals surface area contributed by atoms with Gasteiger partial charge in [0.1, 0.15) is 28.6 Å². The van der Waals surface area contributed by atoms with E-state index in [-0.39, 0.29) is 27.9 Å². The van der Waals surface area contributed by atoms with Gasteiger partial charge in [-0.25, -0.2) is 0 Å². The summed E-state index contributed by atoms with van der Waals surface area (Å²) in [5.41, 5.74) is 3.22. The maximum absolute atomic E-state index is 13.7. The normalized spacial score (nSPS) is 26.6. The quantitative estimate of drug-likeness (QED) is 0.140. The second kappa shape index (κ2) is 18.3. The second-order valence-corrected chi connectivity index (χ2v) is 17.1. The molecule has 3 aromatic carbocycles. The third-order valence-electron chi connectivity index (χ3n) is 11.7. The van der Waals surface area contributed by atoms with Gasteiger partial charge in [-0.15, -0.1) is 11.8 Å². The molecular weight excluding hydrogens is 825 g/mol. The van der Waals surface area contributed by atoms with E-state index in [1.165, 1.54) is 32.0 Å². The number of aliphatic hydroxyl groups is 4. The first kappa shape index (κ1) is 47.3. The Morgan fingerprint density at radius 3 is 2.18 bits per heavy atom. The first-order chi connectivity index (χ1) is 28.8. The minimum absolute atomic E-state index is 0. The van der Waals surface area contributed by atoms with Gasteiger partial charge in [0.2, 0.25) is 5.78 Å². The Bertz CT molecular complexity index is 2330. The maximum Gasteiger partial charge on any atom is 0.303 e. The van der Waals surface area contributed by atoms with E-state index in [1.54, 1.807) is 42.8 Å². The lowest BCUT2D eigenvalue weighted by Crippen LogP contribution is -2.70. The minimum Gasteiger partial charge on any atom is -0.508 e. The third-order valence-corrected chi connectivity index (χ3v) is 13.1. The number of ketones is 2. The number of hydrogen-bond acceptors (Lipinski definition) is 15. The van der Waals surface area contributed by atoms with E-state index in [9.17, 15) is 49.5 Å². The number of phenols is 1. The smallest absolute Gasteiger partial charge is 0.303 e. The predicted octanol–water partition coefficient (Wildman–Crippen LogP) is 2.04. The molecule has 8 atom stereocenters. The highest BCUT2D eigenvalue weighted by Crippen LogP contribution is 2.56. The molecule has 0 saturated heterocycles. The van der Waals surface area contributed by atoms with Gasteiger partial charge in [0.15, 0.2) is 17.5 Å². The van der Waals surface area contributed by atoms with Gasteiger partial charge in [-0.2, -0.15) is 0 Å². The van der Waals surface area contributed by atoms with Crippen molar-refractivity contribution in [3.8, 4) is 11.5 Å². The number of ether oxygens (including phenoxy) is 2. The number of thioether (sulfide) groups is 1. The number of nitrogens with zero attached hydrogens (tertiary/aromatic N) is 3. The zero-order valence-electron chi connectivity index (χ0n) is 35.2. The van der Waals surface area contributed by atoms with E-state index < -0.39 is 87.7 Å². The maximum atomic E-state index is 13.7. The van der Waals surface area contributed by atoms with E-state index in [2.05, 4.69) is 0 Å². The van der Waals surface area contributed by atoms with Gasteiger partial charge < -0.3 is 56.0 Å². The van der Waals surface area contributed by atoms with Crippen LogP contribution in [0.5, 0.6) is 11.5 Å². The first-order valence-electron chi connectivity index (χ1n) is 19.4. The Balaban J connectivity index is 0.000000232. The van der Waals surface area contributed by atoms with Crippen LogP contribution in [0.2, 0.25) is 0 Å². The van der Waals surface area contributed by atoms with Gasteiger partial charge in [-0.05, 0) is 75.6 Å². The van der Waals surface area contributed by atoms with E-state index in [1.807, 2.05) is 67.5 Å². The topological polar surface area (TPSA) is 272 Å². The molecule has 1 aliphatic heterocycles. The van der Waals surface area contributed by atoms with Crippen LogP contribution in [0.15, 0.2) is 88.5 Å². The number of esters is 1. The summed E-state index contributed by atoms with van der Waals surface area (Å²) in [6.07, 6.45) is -2.51. The molecule has 0 radical (unpaired) electrons. The van der Waals surface area contributed by atoms with Crippen LogP contribution in [0.1, 0.15) is 41.7 Å². The highest BCUT2D eigenvalue weighted by atomic mass is 32.2. The molecule has 3 aromatic rings. The molecule has 4 aliphatic rings. The molecule has 0 spiro atoms. The van der Waals surface area contributed by atoms with Crippen molar-refractivity contribution < 1.29 is 64.5 Å². The number of anilines is 1. The lowest BCUT2D eigenvalue weighted by Gasteiger charge is -2.53. The lowest BCUT2D eigenvalue weighted by molar-refractivity contribution is -0.169. The third kappa shape index (κ3) is 8.05. The van der Waals surface area contributed by atoms with Crippen molar-refractivity contribution in [1.29, 1.82) is 0 Å². The van der Waals surface area contributed by atoms with Crippen LogP contribution in [-0.4, -0.2) is 142 Å². The summed E-state index contributed by atoms with van der Waals surface area (Å²) >= 11 is 1.54. The van der Waals surface area contributed by atoms with Crippen molar-refractivity contribution in [3.05, 3.63) is 100 Å². The number of fused-ring (bicyclic) bond motifs is 4. The highest BCUT2D eigenvalue weighted by Gasteiger charge is 2.68. The number of carbonyl (C=O) groups is 5. The van der Waals surface area contributed by atoms with Crippen molar-refractivity contribution in [1.82, 2.24) is 9.80 Å². The summed E-state index contributed by atoms with van der Waals surface area (Å²) in [7, 11) is 8.46. The Hall–Kier alpha value is -5.76. The molecule has 0 bridgehead atoms. The molecule has 2 amide bonds. The Kier molecular flexibility index (Phi) is 14.0. The molecule has 62 heavy (non-hydrogen) atoms. The molecule has 1 saturated carbocycles. The van der Waals surface area contributed by atoms with E-state index in [0.717, 1.165) is 21.9 Å². The van der Waals surface area contributed by atoms with E-state index in [0.29, 0.717) is 18.7 Å². The fourth-order valence-corrected chi connectivity index (χ4v) is 10.1. The second-order valence-electron chi connectivity index (χ2n) is 15.9. The number of methoxy groups -OCH3 is 1. The van der Waals surface area contributed by atoms with Gasteiger partial charge in [-0.3, -0.25) is 28.9 Å². The minimum atomic E-state index is -2.89. The van der Waals surface area contributed by atoms with Gasteiger partial charge in [0.25, 0.3) is 11.8 Å². The van der Waals surface area contributed by atoms with Gasteiger partial charge in [0, 0.05) is 36.4 Å². The lowest BCUT2D eigenvalue weighted by atomic mass is 9.54. The average molecular weight is 877 g/mol. The van der Waals surface area contributed by atoms with Crippen molar-refractivity contribution in [2.24, 2.45) is 17.6 Å². The summed E-state index contributed by atoms with van der Waals surface area (Å²) in [5, 5.41) is 54.5. The van der Waals surface area contributed by atoms with E-state index in [4.69, 9.17) is 15.2 Å². The SMILES string of the molecule is COc1ccc([C@@H]2Sc3ccccc3N(CCN(C)C)C(=O)[C@@H]2OC(C)=O)cc1.C[C@H]1c2cccc(O)c2C(O)=C2C(=O)[C@]3(O)C(O)=C(C(N)=O)C(=O)[C@@H](N(C)C)[C@@H]3[C@@H](O)[C@@H]21.O. The number of primary amides is 1. The number of aliphatic hydroxyl groups excluding tert-OH is 3. The van der Waals surface area contributed by atoms with Gasteiger partial charge >= 0.3 is 5.97 Å². The van der Waals surface area contributed by atoms with Crippen LogP contribution < -0.4 is 15.4 Å². The van der Waals surface area contributed by atoms with Gasteiger partial charge in [0.05, 0.1) is 41.7 Å². The molecule has 17 nitrogen and oxygen atoms in total. The van der Waals surface area contributed by atoms with Crippen molar-refractivity contribution >= 4 is 52.6 Å². The van der Waals surface area contributed by atoms with Crippen LogP contribution in [0, 0.1) is 11.8 Å². The number of benzene rings is 3. The number of likely N-dealkylation sites (N-methyl/N-ethyl adjacent to an activating group) is 2. The highest BCUT2D eigenvalue weighted by molar-refractivity contribution is 7.99. The summed E-state index contributed by atoms with van der Waals surface area (Å²) < 4.78 is 10.8. The number of phenolic OH excluding ortho intramolecular Hbond substituents is 1. The summed E-state index contributed by atoms with van der Waals surface area (Å²) in [5.74, 6) is -8.81. The fraction of sp³-hybridized carbons (Fsp3) is 0.386. The summed E-state index contributed by atoms with van der Waals surface area (Å²) in [6, 6.07) is 18.5. The average Bonchev–Trinajstić information content (AvgIpc) is 3.31. The number of para-hydroxylation sites is 1. The molecule has 9 N–H and O–H groups in total. The van der Waals surface area contributed by atoms with Crippen LogP contribution in [0.3, 0.4) is 0 Å². The summed E-state index contributed by atoms with van der Waals surface area (Å²) in [4.78, 5) is 70.1. The monoisotopic (exact) mass is 876 g/mol. The Labute approximate surface area is 362 Å². The predicted molar refractivity (Wildman–Crippen MR) is 228 cm³/mol. The zero-order valence-corrected chi connectivity index (χ0v) is 36.0. The standard InChI is InChI=1S/C22H24N2O8.C22H26N2O4S.H2O/c1-7-8-5-4-6-9(25)11(8)16(26)12-10(7)17(27)14-15(24(2)3)18(28)13(21(23)31)20(30)22(14,32)19(12)29;1-15(25)28-20-21(16-9-11-17(27-4)12-10-16)29-19-8-6-5-7-18(19)24(22(20)26)14-13-23(2)3;/h4-7,10,14-15,17,25-27,30,32H,1-3H3,(H2,23,31);5-12,20-21H,13-14H2,1-4H3;1H2/t7-,10+,14+,15-,17-,22-;20-,21+;/m01./s1. The number of hydrogen-bond donors (Lipinski definition) is 6. The van der Waals surface area contributed by atoms with Crippen LogP contribution in [0.4, 0.5) is 5.69 Å². The molecule has 18 heteroatoms. The molecule has 332 valence electrons. The van der Waals surface area contributed by atoms with Gasteiger partial charge in [-0.1, -0.05) is 43.3 Å². The number of aromatic hydroxyl groups is 1. The summed E-state index contributed by atoms with van der Waals surface area (Å²) in [6.45, 7) is 4.22. The Morgan fingerprint density at radius 1 is 0.952 bits per heavy atom. The molecule has 0 aromatic heterocycles. The van der Waals surface area contributed by atoms with Crippen LogP contribution >= 0.6 is 11.8 Å². The van der Waals surface area contributed by atoms with Crippen molar-refractivity contribution in [3.63, 3.8) is 0 Å². The Morgan fingerprint density at radius 2 is 1.60 bits per heavy atom. The molecule has 1 fully saturated rings. The largest absolute Gasteiger partial charge is 0.508 e.